The van der Waals surface area contributed by atoms with Crippen LogP contribution in [-0.4, -0.2) is 33.4 Å². The zero-order valence-corrected chi connectivity index (χ0v) is 12.5. The van der Waals surface area contributed by atoms with Crippen LogP contribution in [0.15, 0.2) is 12.5 Å². The second kappa shape index (κ2) is 5.35. The van der Waals surface area contributed by atoms with E-state index in [0.717, 1.165) is 25.9 Å². The van der Waals surface area contributed by atoms with Crippen LogP contribution in [0.4, 0.5) is 0 Å². The summed E-state index contributed by atoms with van der Waals surface area (Å²) in [6, 6.07) is 0. The van der Waals surface area contributed by atoms with E-state index >= 15 is 0 Å². The quantitative estimate of drug-likeness (QED) is 0.781. The van der Waals surface area contributed by atoms with E-state index in [2.05, 4.69) is 25.8 Å². The van der Waals surface area contributed by atoms with Crippen molar-refractivity contribution in [2.24, 2.45) is 18.4 Å². The number of carbonyl (C=O) groups is 1. The highest BCUT2D eigenvalue weighted by molar-refractivity contribution is 5.92. The lowest BCUT2D eigenvalue weighted by atomic mass is 9.77. The van der Waals surface area contributed by atoms with E-state index in [4.69, 9.17) is 0 Å². The van der Waals surface area contributed by atoms with Gasteiger partial charge in [-0.15, -0.1) is 0 Å². The number of aromatic nitrogens is 2. The van der Waals surface area contributed by atoms with Gasteiger partial charge in [-0.25, -0.2) is 4.98 Å². The summed E-state index contributed by atoms with van der Waals surface area (Å²) in [7, 11) is 1.87. The third-order valence-corrected chi connectivity index (χ3v) is 4.28. The second-order valence-corrected chi connectivity index (χ2v) is 6.68. The van der Waals surface area contributed by atoms with E-state index in [-0.39, 0.29) is 5.91 Å². The molecule has 1 aromatic heterocycles. The summed E-state index contributed by atoms with van der Waals surface area (Å²) >= 11 is 0. The number of hydrogen-bond donors (Lipinski definition) is 0. The molecule has 4 heteroatoms. The average molecular weight is 263 g/mol. The predicted octanol–water partition coefficient (Wildman–Crippen LogP) is 2.71. The van der Waals surface area contributed by atoms with E-state index < -0.39 is 0 Å². The van der Waals surface area contributed by atoms with Crippen LogP contribution in [0.3, 0.4) is 0 Å². The van der Waals surface area contributed by atoms with E-state index in [0.29, 0.717) is 17.0 Å². The van der Waals surface area contributed by atoms with E-state index in [1.807, 2.05) is 11.9 Å². The fourth-order valence-corrected chi connectivity index (χ4v) is 2.89. The van der Waals surface area contributed by atoms with Gasteiger partial charge in [-0.05, 0) is 30.6 Å². The predicted molar refractivity (Wildman–Crippen MR) is 75.9 cm³/mol. The van der Waals surface area contributed by atoms with Crippen LogP contribution in [0.1, 0.15) is 50.5 Å². The minimum absolute atomic E-state index is 0.120. The van der Waals surface area contributed by atoms with E-state index in [1.54, 1.807) is 17.1 Å². The van der Waals surface area contributed by atoms with Crippen LogP contribution in [0.25, 0.3) is 0 Å². The minimum atomic E-state index is 0.120. The number of likely N-dealkylation sites (tertiary alicyclic amines) is 1. The molecule has 1 aromatic rings. The lowest BCUT2D eigenvalue weighted by molar-refractivity contribution is 0.0746. The van der Waals surface area contributed by atoms with Crippen molar-refractivity contribution in [1.82, 2.24) is 14.5 Å². The normalized spacial score (nSPS) is 21.3. The summed E-state index contributed by atoms with van der Waals surface area (Å²) in [5.41, 5.74) is 1.03. The Labute approximate surface area is 115 Å². The van der Waals surface area contributed by atoms with Crippen molar-refractivity contribution in [2.75, 3.05) is 13.1 Å². The second-order valence-electron chi connectivity index (χ2n) is 6.68. The van der Waals surface area contributed by atoms with Crippen molar-refractivity contribution in [2.45, 2.75) is 40.0 Å². The van der Waals surface area contributed by atoms with Gasteiger partial charge in [0.2, 0.25) is 0 Å². The summed E-state index contributed by atoms with van der Waals surface area (Å²) in [6.07, 6.45) is 6.77. The van der Waals surface area contributed by atoms with Crippen molar-refractivity contribution in [3.63, 3.8) is 0 Å². The van der Waals surface area contributed by atoms with Crippen LogP contribution >= 0.6 is 0 Å². The Morgan fingerprint density at radius 3 is 2.63 bits per heavy atom. The largest absolute Gasteiger partial charge is 0.337 e. The van der Waals surface area contributed by atoms with Crippen molar-refractivity contribution in [1.29, 1.82) is 0 Å². The molecule has 2 heterocycles. The molecule has 1 saturated heterocycles. The SMILES string of the molecule is Cn1cncc1C(=O)N1CCC[C@H](C(C)(C)C)CC1. The lowest BCUT2D eigenvalue weighted by Gasteiger charge is -2.29. The van der Waals surface area contributed by atoms with Crippen LogP contribution in [-0.2, 0) is 7.05 Å². The molecule has 0 N–H and O–H groups in total. The molecule has 0 unspecified atom stereocenters. The molecule has 106 valence electrons. The Morgan fingerprint density at radius 1 is 1.32 bits per heavy atom. The highest BCUT2D eigenvalue weighted by atomic mass is 16.2. The third-order valence-electron chi connectivity index (χ3n) is 4.28. The van der Waals surface area contributed by atoms with Gasteiger partial charge < -0.3 is 9.47 Å². The molecule has 0 aliphatic carbocycles. The van der Waals surface area contributed by atoms with Gasteiger partial charge in [0, 0.05) is 20.1 Å². The number of aryl methyl sites for hydroxylation is 1. The molecule has 0 saturated carbocycles. The van der Waals surface area contributed by atoms with Gasteiger partial charge in [0.1, 0.15) is 5.69 Å². The fraction of sp³-hybridized carbons (Fsp3) is 0.733. The van der Waals surface area contributed by atoms with Crippen molar-refractivity contribution in [3.8, 4) is 0 Å². The maximum atomic E-state index is 12.5. The number of imidazole rings is 1. The first-order chi connectivity index (χ1) is 8.89. The molecule has 0 bridgehead atoms. The highest BCUT2D eigenvalue weighted by Gasteiger charge is 2.29. The Kier molecular flexibility index (Phi) is 3.97. The Morgan fingerprint density at radius 2 is 2.05 bits per heavy atom. The molecular weight excluding hydrogens is 238 g/mol. The van der Waals surface area contributed by atoms with Crippen LogP contribution < -0.4 is 0 Å². The topological polar surface area (TPSA) is 38.1 Å². The molecule has 0 aromatic carbocycles. The molecule has 1 fully saturated rings. The van der Waals surface area contributed by atoms with Crippen LogP contribution in [0.5, 0.6) is 0 Å². The van der Waals surface area contributed by atoms with Crippen molar-refractivity contribution >= 4 is 5.91 Å². The van der Waals surface area contributed by atoms with E-state index in [1.165, 1.54) is 6.42 Å². The molecule has 1 atom stereocenters. The highest BCUT2D eigenvalue weighted by Crippen LogP contribution is 2.34. The molecule has 2 rings (SSSR count). The zero-order chi connectivity index (χ0) is 14.0. The summed E-state index contributed by atoms with van der Waals surface area (Å²) in [5.74, 6) is 0.825. The fourth-order valence-electron chi connectivity index (χ4n) is 2.89. The molecule has 4 nitrogen and oxygen atoms in total. The first kappa shape index (κ1) is 14.1. The van der Waals surface area contributed by atoms with Gasteiger partial charge in [-0.2, -0.15) is 0 Å². The van der Waals surface area contributed by atoms with Gasteiger partial charge in [-0.3, -0.25) is 4.79 Å². The average Bonchev–Trinajstić information content (AvgIpc) is 2.62. The molecular formula is C15H25N3O. The summed E-state index contributed by atoms with van der Waals surface area (Å²) < 4.78 is 1.80. The summed E-state index contributed by atoms with van der Waals surface area (Å²) in [4.78, 5) is 18.5. The number of carbonyl (C=O) groups excluding carboxylic acids is 1. The molecule has 1 aliphatic rings. The molecule has 0 spiro atoms. The number of rotatable bonds is 1. The molecule has 0 radical (unpaired) electrons. The van der Waals surface area contributed by atoms with Crippen LogP contribution in [0, 0.1) is 11.3 Å². The maximum Gasteiger partial charge on any atom is 0.272 e. The minimum Gasteiger partial charge on any atom is -0.337 e. The van der Waals surface area contributed by atoms with Gasteiger partial charge in [-0.1, -0.05) is 20.8 Å². The Bertz CT molecular complexity index is 444. The summed E-state index contributed by atoms with van der Waals surface area (Å²) in [6.45, 7) is 8.64. The maximum absolute atomic E-state index is 12.5. The Hall–Kier alpha value is -1.32. The first-order valence-electron chi connectivity index (χ1n) is 7.15. The number of nitrogens with zero attached hydrogens (tertiary/aromatic N) is 3. The molecule has 1 amide bonds. The molecule has 1 aliphatic heterocycles. The number of amides is 1. The van der Waals surface area contributed by atoms with Gasteiger partial charge in [0.25, 0.3) is 5.91 Å². The van der Waals surface area contributed by atoms with Crippen molar-refractivity contribution in [3.05, 3.63) is 18.2 Å². The van der Waals surface area contributed by atoms with E-state index in [9.17, 15) is 4.79 Å². The monoisotopic (exact) mass is 263 g/mol. The Balaban J connectivity index is 2.04. The number of hydrogen-bond acceptors (Lipinski definition) is 2. The standard InChI is InChI=1S/C15H25N3O/c1-15(2,3)12-6-5-8-18(9-7-12)14(19)13-10-16-11-17(13)4/h10-12H,5-9H2,1-4H3/t12-/m0/s1. The first-order valence-corrected chi connectivity index (χ1v) is 7.15. The zero-order valence-electron chi connectivity index (χ0n) is 12.5. The molecule has 19 heavy (non-hydrogen) atoms. The van der Waals surface area contributed by atoms with Crippen LogP contribution in [0.2, 0.25) is 0 Å². The smallest absolute Gasteiger partial charge is 0.272 e. The summed E-state index contributed by atoms with van der Waals surface area (Å²) in [5, 5.41) is 0. The van der Waals surface area contributed by atoms with Gasteiger partial charge >= 0.3 is 0 Å². The third kappa shape index (κ3) is 3.17. The lowest BCUT2D eigenvalue weighted by Crippen LogP contribution is -2.33. The van der Waals surface area contributed by atoms with Gasteiger partial charge in [0.15, 0.2) is 0 Å². The van der Waals surface area contributed by atoms with Crippen molar-refractivity contribution < 1.29 is 4.79 Å². The van der Waals surface area contributed by atoms with Gasteiger partial charge in [0.05, 0.1) is 12.5 Å².